The van der Waals surface area contributed by atoms with Crippen LogP contribution in [0.1, 0.15) is 30.6 Å². The highest BCUT2D eigenvalue weighted by atomic mass is 32.1. The third-order valence-electron chi connectivity index (χ3n) is 2.52. The van der Waals surface area contributed by atoms with E-state index in [0.717, 1.165) is 0 Å². The van der Waals surface area contributed by atoms with Crippen molar-refractivity contribution in [1.29, 1.82) is 0 Å². The fraction of sp³-hybridized carbons (Fsp3) is 0.462. The summed E-state index contributed by atoms with van der Waals surface area (Å²) in [5.74, 6) is 0.161. The Labute approximate surface area is 117 Å². The summed E-state index contributed by atoms with van der Waals surface area (Å²) in [6.45, 7) is 5.13. The molecule has 0 bridgehead atoms. The molecule has 104 valence electrons. The lowest BCUT2D eigenvalue weighted by Crippen LogP contribution is -2.36. The second kappa shape index (κ2) is 7.04. The molecule has 3 N–H and O–H groups in total. The van der Waals surface area contributed by atoms with Gasteiger partial charge in [-0.3, -0.25) is 9.59 Å². The van der Waals surface area contributed by atoms with Crippen molar-refractivity contribution >= 4 is 23.1 Å². The van der Waals surface area contributed by atoms with E-state index in [4.69, 9.17) is 18.0 Å². The van der Waals surface area contributed by atoms with E-state index < -0.39 is 0 Å². The van der Waals surface area contributed by atoms with Gasteiger partial charge >= 0.3 is 0 Å². The van der Waals surface area contributed by atoms with E-state index in [9.17, 15) is 9.59 Å². The number of hydrogen-bond donors (Lipinski definition) is 2. The van der Waals surface area contributed by atoms with E-state index in [-0.39, 0.29) is 11.5 Å². The first-order valence-corrected chi connectivity index (χ1v) is 6.57. The minimum atomic E-state index is -0.287. The Kier molecular flexibility index (Phi) is 5.69. The van der Waals surface area contributed by atoms with Gasteiger partial charge in [0.15, 0.2) is 0 Å². The molecule has 6 heteroatoms. The minimum Gasteiger partial charge on any atom is -0.393 e. The van der Waals surface area contributed by atoms with Crippen molar-refractivity contribution in [1.82, 2.24) is 9.88 Å². The lowest BCUT2D eigenvalue weighted by atomic mass is 10.1. The predicted octanol–water partition coefficient (Wildman–Crippen LogP) is 1.15. The van der Waals surface area contributed by atoms with Gasteiger partial charge in [0.2, 0.25) is 5.56 Å². The molecule has 0 unspecified atom stereocenters. The molecule has 0 atom stereocenters. The van der Waals surface area contributed by atoms with Crippen molar-refractivity contribution < 1.29 is 4.79 Å². The van der Waals surface area contributed by atoms with Gasteiger partial charge in [-0.2, -0.15) is 0 Å². The number of H-pyrrole nitrogens is 1. The molecule has 1 aromatic heterocycles. The summed E-state index contributed by atoms with van der Waals surface area (Å²) < 4.78 is 0. The first-order chi connectivity index (χ1) is 8.90. The molecule has 5 nitrogen and oxygen atoms in total. The number of carbonyl (C=O) groups excluding carboxylic acids is 1. The van der Waals surface area contributed by atoms with Crippen molar-refractivity contribution in [3.8, 4) is 0 Å². The molecule has 1 aromatic rings. The Balaban J connectivity index is 2.86. The summed E-state index contributed by atoms with van der Waals surface area (Å²) in [7, 11) is 0. The van der Waals surface area contributed by atoms with Crippen LogP contribution in [0, 0.1) is 5.92 Å². The fourth-order valence-electron chi connectivity index (χ4n) is 1.72. The van der Waals surface area contributed by atoms with Crippen molar-refractivity contribution in [2.24, 2.45) is 11.7 Å². The monoisotopic (exact) mass is 281 g/mol. The number of nitrogens with zero attached hydrogens (tertiary/aromatic N) is 1. The van der Waals surface area contributed by atoms with Gasteiger partial charge in [0.25, 0.3) is 5.91 Å². The maximum absolute atomic E-state index is 12.3. The molecule has 1 heterocycles. The molecular formula is C13H19N3O2S. The molecule has 0 saturated carbocycles. The molecule has 0 fully saturated rings. The maximum atomic E-state index is 12.3. The highest BCUT2D eigenvalue weighted by Gasteiger charge is 2.17. The number of thiocarbonyl (C=S) groups is 1. The van der Waals surface area contributed by atoms with Gasteiger partial charge in [-0.15, -0.1) is 0 Å². The second-order valence-electron chi connectivity index (χ2n) is 4.80. The van der Waals surface area contributed by atoms with Crippen LogP contribution < -0.4 is 11.3 Å². The maximum Gasteiger partial charge on any atom is 0.254 e. The average molecular weight is 281 g/mol. The van der Waals surface area contributed by atoms with Crippen molar-refractivity contribution in [3.63, 3.8) is 0 Å². The standard InChI is InChI=1S/C13H19N3O2S/c1-9(2)8-16(6-4-11(14)19)13(18)10-3-5-15-12(17)7-10/h3,5,7,9H,4,6,8H2,1-2H3,(H2,14,19)(H,15,17). The molecule has 0 spiro atoms. The lowest BCUT2D eigenvalue weighted by molar-refractivity contribution is 0.0741. The van der Waals surface area contributed by atoms with Crippen LogP contribution in [0.3, 0.4) is 0 Å². The Hall–Kier alpha value is -1.69. The number of hydrogen-bond acceptors (Lipinski definition) is 3. The van der Waals surface area contributed by atoms with Gasteiger partial charge in [-0.05, 0) is 12.0 Å². The molecule has 0 aliphatic heterocycles. The zero-order valence-corrected chi connectivity index (χ0v) is 12.0. The summed E-state index contributed by atoms with van der Waals surface area (Å²) in [6.07, 6.45) is 1.95. The molecule has 1 amide bonds. The van der Waals surface area contributed by atoms with Crippen LogP contribution in [0.25, 0.3) is 0 Å². The number of amides is 1. The second-order valence-corrected chi connectivity index (χ2v) is 5.33. The Morgan fingerprint density at radius 3 is 2.74 bits per heavy atom. The molecule has 0 aromatic carbocycles. The van der Waals surface area contributed by atoms with E-state index in [2.05, 4.69) is 4.98 Å². The van der Waals surface area contributed by atoms with Crippen LogP contribution in [0.2, 0.25) is 0 Å². The fourth-order valence-corrected chi connectivity index (χ4v) is 1.81. The van der Waals surface area contributed by atoms with Crippen LogP contribution in [-0.4, -0.2) is 33.9 Å². The number of aromatic nitrogens is 1. The van der Waals surface area contributed by atoms with Gasteiger partial charge < -0.3 is 15.6 Å². The van der Waals surface area contributed by atoms with E-state index in [1.165, 1.54) is 12.3 Å². The molecular weight excluding hydrogens is 262 g/mol. The smallest absolute Gasteiger partial charge is 0.254 e. The van der Waals surface area contributed by atoms with Crippen molar-refractivity contribution in [2.45, 2.75) is 20.3 Å². The third kappa shape index (κ3) is 5.21. The Morgan fingerprint density at radius 2 is 2.21 bits per heavy atom. The van der Waals surface area contributed by atoms with Crippen molar-refractivity contribution in [3.05, 3.63) is 34.2 Å². The van der Waals surface area contributed by atoms with Gasteiger partial charge in [0, 0.05) is 37.3 Å². The van der Waals surface area contributed by atoms with Gasteiger partial charge in [-0.1, -0.05) is 26.1 Å². The first-order valence-electron chi connectivity index (χ1n) is 6.16. The summed E-state index contributed by atoms with van der Waals surface area (Å²) in [5.41, 5.74) is 5.57. The molecule has 0 aliphatic rings. The largest absolute Gasteiger partial charge is 0.393 e. The zero-order valence-electron chi connectivity index (χ0n) is 11.2. The van der Waals surface area contributed by atoms with Crippen LogP contribution in [0.4, 0.5) is 0 Å². The summed E-state index contributed by atoms with van der Waals surface area (Å²) in [4.78, 5) is 28.1. The molecule has 0 saturated heterocycles. The van der Waals surface area contributed by atoms with Gasteiger partial charge in [0.1, 0.15) is 0 Å². The molecule has 0 aliphatic carbocycles. The first kappa shape index (κ1) is 15.4. The van der Waals surface area contributed by atoms with E-state index in [0.29, 0.717) is 36.0 Å². The van der Waals surface area contributed by atoms with Gasteiger partial charge in [0.05, 0.1) is 4.99 Å². The van der Waals surface area contributed by atoms with Crippen molar-refractivity contribution in [2.75, 3.05) is 13.1 Å². The lowest BCUT2D eigenvalue weighted by Gasteiger charge is -2.24. The van der Waals surface area contributed by atoms with Crippen LogP contribution in [0.15, 0.2) is 23.1 Å². The summed E-state index contributed by atoms with van der Waals surface area (Å²) in [6, 6.07) is 2.90. The summed E-state index contributed by atoms with van der Waals surface area (Å²) >= 11 is 4.84. The minimum absolute atomic E-state index is 0.170. The normalized spacial score (nSPS) is 10.5. The number of rotatable bonds is 6. The number of aromatic amines is 1. The Bertz CT molecular complexity index is 511. The van der Waals surface area contributed by atoms with Crippen LogP contribution >= 0.6 is 12.2 Å². The van der Waals surface area contributed by atoms with Gasteiger partial charge in [-0.25, -0.2) is 0 Å². The predicted molar refractivity (Wildman–Crippen MR) is 79.2 cm³/mol. The number of nitrogens with one attached hydrogen (secondary N) is 1. The Morgan fingerprint density at radius 1 is 1.53 bits per heavy atom. The zero-order chi connectivity index (χ0) is 14.4. The molecule has 1 rings (SSSR count). The quantitative estimate of drug-likeness (QED) is 0.767. The van der Waals surface area contributed by atoms with Crippen LogP contribution in [0.5, 0.6) is 0 Å². The molecule has 19 heavy (non-hydrogen) atoms. The average Bonchev–Trinajstić information content (AvgIpc) is 2.33. The van der Waals surface area contributed by atoms with E-state index in [1.54, 1.807) is 11.0 Å². The number of carbonyl (C=O) groups is 1. The number of nitrogens with two attached hydrogens (primary N) is 1. The highest BCUT2D eigenvalue weighted by Crippen LogP contribution is 2.07. The van der Waals surface area contributed by atoms with E-state index >= 15 is 0 Å². The number of pyridine rings is 1. The molecule has 0 radical (unpaired) electrons. The highest BCUT2D eigenvalue weighted by molar-refractivity contribution is 7.80. The van der Waals surface area contributed by atoms with E-state index in [1.807, 2.05) is 13.8 Å². The third-order valence-corrected chi connectivity index (χ3v) is 2.73. The van der Waals surface area contributed by atoms with Crippen LogP contribution in [-0.2, 0) is 0 Å². The summed E-state index contributed by atoms with van der Waals surface area (Å²) in [5, 5.41) is 0. The topological polar surface area (TPSA) is 79.2 Å². The SMILES string of the molecule is CC(C)CN(CCC(N)=S)C(=O)c1cc[nH]c(=O)c1.